The fourth-order valence-corrected chi connectivity index (χ4v) is 1.23. The highest BCUT2D eigenvalue weighted by atomic mass is 32.2. The van der Waals surface area contributed by atoms with E-state index in [0.29, 0.717) is 5.56 Å². The summed E-state index contributed by atoms with van der Waals surface area (Å²) in [6.45, 7) is 5.48. The molecule has 0 bridgehead atoms. The summed E-state index contributed by atoms with van der Waals surface area (Å²) in [5, 5.41) is 0. The summed E-state index contributed by atoms with van der Waals surface area (Å²) >= 11 is 0. The molecule has 0 radical (unpaired) electrons. The van der Waals surface area contributed by atoms with Gasteiger partial charge >= 0.3 is 17.4 Å². The van der Waals surface area contributed by atoms with Crippen LogP contribution in [0.1, 0.15) is 35.9 Å². The molecule has 136 valence electrons. The van der Waals surface area contributed by atoms with Crippen molar-refractivity contribution in [3.8, 4) is 0 Å². The van der Waals surface area contributed by atoms with Gasteiger partial charge in [0.25, 0.3) is 0 Å². The first-order valence-corrected chi connectivity index (χ1v) is 7.68. The van der Waals surface area contributed by atoms with Gasteiger partial charge in [0.1, 0.15) is 5.56 Å². The van der Waals surface area contributed by atoms with Crippen LogP contribution in [-0.2, 0) is 14.9 Å². The number of hydrogen-bond acceptors (Lipinski definition) is 6. The van der Waals surface area contributed by atoms with E-state index in [-0.39, 0.29) is 5.91 Å². The van der Waals surface area contributed by atoms with Crippen LogP contribution < -0.4 is 4.57 Å². The van der Waals surface area contributed by atoms with E-state index in [9.17, 15) is 22.8 Å². The normalized spacial score (nSPS) is 12.0. The van der Waals surface area contributed by atoms with Crippen molar-refractivity contribution in [1.82, 2.24) is 0 Å². The zero-order valence-electron chi connectivity index (χ0n) is 13.2. The number of carbonyl (C=O) groups is 2. The number of esters is 1. The first-order chi connectivity index (χ1) is 10.6. The van der Waals surface area contributed by atoms with Crippen molar-refractivity contribution in [2.45, 2.75) is 26.3 Å². The van der Waals surface area contributed by atoms with E-state index in [1.165, 1.54) is 17.9 Å². The molecule has 0 spiro atoms. The highest BCUT2D eigenvalue weighted by Gasteiger charge is 2.37. The number of pyridine rings is 1. The third-order valence-corrected chi connectivity index (χ3v) is 2.95. The van der Waals surface area contributed by atoms with Crippen LogP contribution in [0.2, 0.25) is 0 Å². The maximum atomic E-state index is 11.9. The summed E-state index contributed by atoms with van der Waals surface area (Å²) in [6, 6.07) is 3.26. The number of methoxy groups -OCH3 is 1. The summed E-state index contributed by atoms with van der Waals surface area (Å²) in [4.78, 5) is 23.2. The van der Waals surface area contributed by atoms with E-state index < -0.39 is 27.0 Å². The van der Waals surface area contributed by atoms with Crippen molar-refractivity contribution in [3.63, 3.8) is 0 Å². The minimum Gasteiger partial charge on any atom is -0.741 e. The summed E-state index contributed by atoms with van der Waals surface area (Å²) < 4.78 is 64.9. The smallest absolute Gasteiger partial charge is 0.485 e. The van der Waals surface area contributed by atoms with Crippen molar-refractivity contribution >= 4 is 22.0 Å². The molecular weight excluding hydrogens is 355 g/mol. The van der Waals surface area contributed by atoms with Crippen LogP contribution in [0, 0.1) is 5.41 Å². The van der Waals surface area contributed by atoms with E-state index >= 15 is 0 Å². The van der Waals surface area contributed by atoms with Crippen LogP contribution in [0.25, 0.3) is 0 Å². The van der Waals surface area contributed by atoms with E-state index in [1.807, 2.05) is 20.8 Å². The Hall–Kier alpha value is -2.01. The second-order valence-corrected chi connectivity index (χ2v) is 6.82. The molecule has 0 atom stereocenters. The quantitative estimate of drug-likeness (QED) is 0.321. The Morgan fingerprint density at radius 2 is 1.67 bits per heavy atom. The maximum absolute atomic E-state index is 11.9. The number of aromatic nitrogens is 1. The molecule has 0 saturated heterocycles. The molecule has 0 aliphatic rings. The van der Waals surface area contributed by atoms with Crippen molar-refractivity contribution in [2.24, 2.45) is 5.41 Å². The molecule has 24 heavy (non-hydrogen) atoms. The predicted molar refractivity (Wildman–Crippen MR) is 73.8 cm³/mol. The molecule has 0 aliphatic carbocycles. The Morgan fingerprint density at radius 3 is 2.00 bits per heavy atom. The Labute approximate surface area is 136 Å². The zero-order chi connectivity index (χ0) is 19.3. The molecule has 0 unspecified atom stereocenters. The third-order valence-electron chi connectivity index (χ3n) is 2.38. The van der Waals surface area contributed by atoms with Gasteiger partial charge in [-0.15, -0.1) is 4.57 Å². The molecule has 0 aromatic carbocycles. The van der Waals surface area contributed by atoms with Gasteiger partial charge in [0.05, 0.1) is 12.5 Å². The number of nitrogens with zero attached hydrogens (tertiary/aromatic N) is 1. The lowest BCUT2D eigenvalue weighted by molar-refractivity contribution is -0.579. The van der Waals surface area contributed by atoms with Gasteiger partial charge in [0.15, 0.2) is 22.5 Å². The molecular formula is C13H16F3NO6S. The van der Waals surface area contributed by atoms with E-state index in [0.717, 1.165) is 0 Å². The molecule has 1 rings (SSSR count). The second kappa shape index (κ2) is 7.71. The highest BCUT2D eigenvalue weighted by Crippen LogP contribution is 2.20. The number of halogens is 3. The molecule has 0 amide bonds. The average molecular weight is 371 g/mol. The number of carbonyl (C=O) groups excluding carboxylic acids is 2. The zero-order valence-corrected chi connectivity index (χ0v) is 14.1. The lowest BCUT2D eigenvalue weighted by atomic mass is 9.95. The van der Waals surface area contributed by atoms with Gasteiger partial charge in [-0.2, -0.15) is 13.2 Å². The third kappa shape index (κ3) is 6.62. The monoisotopic (exact) mass is 371 g/mol. The lowest BCUT2D eigenvalue weighted by Gasteiger charge is -2.10. The van der Waals surface area contributed by atoms with E-state index in [4.69, 9.17) is 13.0 Å². The van der Waals surface area contributed by atoms with Crippen molar-refractivity contribution in [3.05, 3.63) is 30.1 Å². The number of alkyl halides is 3. The van der Waals surface area contributed by atoms with E-state index in [2.05, 4.69) is 4.74 Å². The van der Waals surface area contributed by atoms with Gasteiger partial charge in [-0.25, -0.2) is 18.0 Å². The van der Waals surface area contributed by atoms with Gasteiger partial charge in [-0.05, 0) is 26.8 Å². The Kier molecular flexibility index (Phi) is 7.06. The van der Waals surface area contributed by atoms with Gasteiger partial charge in [0.2, 0.25) is 0 Å². The molecule has 7 nitrogen and oxygen atoms in total. The standard InChI is InChI=1S/C12H16NO3.CHF3O3S/c1-12(2,3)11(15)13-7-5-6-9(8-13)10(14)16-4;2-1(3,4)8(5,6)7/h5-8H,1-4H3;(H,5,6,7)/q+1;/p-1. The SMILES string of the molecule is COC(=O)c1ccc[n+](C(=O)C(C)(C)C)c1.O=S(=O)([O-])C(F)(F)F. The second-order valence-electron chi connectivity index (χ2n) is 5.45. The minimum atomic E-state index is -6.09. The molecule has 11 heteroatoms. The highest BCUT2D eigenvalue weighted by molar-refractivity contribution is 7.86. The van der Waals surface area contributed by atoms with Crippen molar-refractivity contribution in [2.75, 3.05) is 7.11 Å². The minimum absolute atomic E-state index is 0.0711. The molecule has 0 fully saturated rings. The van der Waals surface area contributed by atoms with Crippen LogP contribution in [0.3, 0.4) is 0 Å². The van der Waals surface area contributed by atoms with Crippen molar-refractivity contribution < 1.29 is 45.0 Å². The number of hydrogen-bond donors (Lipinski definition) is 0. The van der Waals surface area contributed by atoms with Gasteiger partial charge in [0, 0.05) is 6.07 Å². The van der Waals surface area contributed by atoms with Gasteiger partial charge in [-0.1, -0.05) is 0 Å². The molecule has 0 saturated carbocycles. The largest absolute Gasteiger partial charge is 0.741 e. The van der Waals surface area contributed by atoms with Crippen molar-refractivity contribution in [1.29, 1.82) is 0 Å². The predicted octanol–water partition coefficient (Wildman–Crippen LogP) is 1.50. The fourth-order valence-electron chi connectivity index (χ4n) is 1.23. The Balaban J connectivity index is 0.000000561. The molecule has 0 N–H and O–H groups in total. The summed E-state index contributed by atoms with van der Waals surface area (Å²) in [5.74, 6) is -0.519. The maximum Gasteiger partial charge on any atom is 0.485 e. The first-order valence-electron chi connectivity index (χ1n) is 6.28. The molecule has 1 heterocycles. The van der Waals surface area contributed by atoms with E-state index in [1.54, 1.807) is 18.3 Å². The Bertz CT molecular complexity index is 707. The molecule has 0 aliphatic heterocycles. The fraction of sp³-hybridized carbons (Fsp3) is 0.462. The van der Waals surface area contributed by atoms with Crippen LogP contribution in [0.15, 0.2) is 24.5 Å². The van der Waals surface area contributed by atoms with Crippen LogP contribution in [-0.4, -0.2) is 37.5 Å². The summed E-state index contributed by atoms with van der Waals surface area (Å²) in [5.41, 5.74) is -5.77. The van der Waals surface area contributed by atoms with Crippen LogP contribution in [0.5, 0.6) is 0 Å². The topological polar surface area (TPSA) is 104 Å². The Morgan fingerprint density at radius 1 is 1.21 bits per heavy atom. The molecule has 1 aromatic rings. The first kappa shape index (κ1) is 22.0. The van der Waals surface area contributed by atoms with Crippen LogP contribution >= 0.6 is 0 Å². The lowest BCUT2D eigenvalue weighted by Crippen LogP contribution is -2.49. The van der Waals surface area contributed by atoms with Crippen LogP contribution in [0.4, 0.5) is 13.2 Å². The van der Waals surface area contributed by atoms with Gasteiger partial charge in [-0.3, -0.25) is 0 Å². The summed E-state index contributed by atoms with van der Waals surface area (Å²) in [6.07, 6.45) is 3.11. The average Bonchev–Trinajstić information content (AvgIpc) is 2.43. The number of rotatable bonds is 1. The number of ether oxygens (including phenoxy) is 1. The summed E-state index contributed by atoms with van der Waals surface area (Å²) in [7, 11) is -4.78. The van der Waals surface area contributed by atoms with Gasteiger partial charge < -0.3 is 9.29 Å². The molecule has 1 aromatic heterocycles.